The number of carbonyl (C=O) groups is 2. The maximum atomic E-state index is 12.1. The number of hydrazine groups is 1. The number of phenolic OH excluding ortho intramolecular Hbond substituents is 1. The molecule has 0 bridgehead atoms. The van der Waals surface area contributed by atoms with Crippen molar-refractivity contribution in [1.82, 2.24) is 10.9 Å². The molecule has 0 saturated heterocycles. The number of hydrogen-bond donors (Lipinski definition) is 3. The second-order valence-electron chi connectivity index (χ2n) is 5.20. The highest BCUT2D eigenvalue weighted by atomic mass is 32.1. The third kappa shape index (κ3) is 3.14. The number of nitrogens with one attached hydrogen (secondary N) is 2. The van der Waals surface area contributed by atoms with E-state index in [1.165, 1.54) is 41.0 Å². The van der Waals surface area contributed by atoms with Gasteiger partial charge in [0.2, 0.25) is 0 Å². The fourth-order valence-electron chi connectivity index (χ4n) is 2.51. The van der Waals surface area contributed by atoms with Gasteiger partial charge in [0.1, 0.15) is 11.5 Å². The molecule has 0 unspecified atom stereocenters. The minimum Gasteiger partial charge on any atom is -0.507 e. The Morgan fingerprint density at radius 2 is 1.96 bits per heavy atom. The lowest BCUT2D eigenvalue weighted by Crippen LogP contribution is -2.41. The summed E-state index contributed by atoms with van der Waals surface area (Å²) in [6.07, 6.45) is 3.15. The van der Waals surface area contributed by atoms with E-state index in [1.807, 2.05) is 6.07 Å². The van der Waals surface area contributed by atoms with E-state index in [0.717, 1.165) is 19.3 Å². The number of amides is 2. The predicted molar refractivity (Wildman–Crippen MR) is 85.9 cm³/mol. The summed E-state index contributed by atoms with van der Waals surface area (Å²) in [5.74, 6) is -0.726. The van der Waals surface area contributed by atoms with Crippen LogP contribution in [0.4, 0.5) is 0 Å². The fourth-order valence-corrected chi connectivity index (χ4v) is 3.66. The van der Waals surface area contributed by atoms with E-state index >= 15 is 0 Å². The molecule has 3 N–H and O–H groups in total. The van der Waals surface area contributed by atoms with Crippen molar-refractivity contribution in [2.45, 2.75) is 19.3 Å². The highest BCUT2D eigenvalue weighted by Crippen LogP contribution is 2.30. The molecule has 1 aromatic heterocycles. The molecule has 1 aliphatic rings. The minimum atomic E-state index is -0.595. The SMILES string of the molecule is COc1ccc(C(=O)NNC(=O)c2cc3c(s2)CCC3)c(O)c1. The van der Waals surface area contributed by atoms with Gasteiger partial charge in [-0.25, -0.2) is 0 Å². The van der Waals surface area contributed by atoms with Gasteiger partial charge in [-0.2, -0.15) is 0 Å². The number of phenols is 1. The van der Waals surface area contributed by atoms with Gasteiger partial charge in [0, 0.05) is 10.9 Å². The molecular formula is C16H16N2O4S. The maximum absolute atomic E-state index is 12.1. The molecule has 0 spiro atoms. The van der Waals surface area contributed by atoms with Crippen LogP contribution in [0.5, 0.6) is 11.5 Å². The van der Waals surface area contributed by atoms with Gasteiger partial charge in [-0.1, -0.05) is 0 Å². The summed E-state index contributed by atoms with van der Waals surface area (Å²) in [7, 11) is 1.47. The molecule has 7 heteroatoms. The number of carbonyl (C=O) groups excluding carboxylic acids is 2. The molecule has 6 nitrogen and oxygen atoms in total. The smallest absolute Gasteiger partial charge is 0.279 e. The number of ether oxygens (including phenoxy) is 1. The van der Waals surface area contributed by atoms with Crippen LogP contribution in [0.25, 0.3) is 0 Å². The first kappa shape index (κ1) is 15.4. The van der Waals surface area contributed by atoms with Crippen LogP contribution in [0.15, 0.2) is 24.3 Å². The van der Waals surface area contributed by atoms with E-state index in [1.54, 1.807) is 6.07 Å². The highest BCUT2D eigenvalue weighted by molar-refractivity contribution is 7.14. The van der Waals surface area contributed by atoms with Gasteiger partial charge in [-0.3, -0.25) is 20.4 Å². The van der Waals surface area contributed by atoms with Gasteiger partial charge in [0.15, 0.2) is 0 Å². The van der Waals surface area contributed by atoms with Crippen molar-refractivity contribution >= 4 is 23.2 Å². The van der Waals surface area contributed by atoms with E-state index in [9.17, 15) is 14.7 Å². The summed E-state index contributed by atoms with van der Waals surface area (Å²) >= 11 is 1.46. The van der Waals surface area contributed by atoms with Crippen molar-refractivity contribution < 1.29 is 19.4 Å². The number of fused-ring (bicyclic) bond motifs is 1. The number of aryl methyl sites for hydroxylation is 2. The number of thiophene rings is 1. The third-order valence-corrected chi connectivity index (χ3v) is 4.95. The highest BCUT2D eigenvalue weighted by Gasteiger charge is 2.19. The van der Waals surface area contributed by atoms with E-state index in [-0.39, 0.29) is 17.2 Å². The van der Waals surface area contributed by atoms with Crippen molar-refractivity contribution in [1.29, 1.82) is 0 Å². The lowest BCUT2D eigenvalue weighted by atomic mass is 10.2. The Balaban J connectivity index is 1.63. The van der Waals surface area contributed by atoms with Crippen molar-refractivity contribution in [3.63, 3.8) is 0 Å². The molecule has 0 radical (unpaired) electrons. The van der Waals surface area contributed by atoms with Crippen molar-refractivity contribution in [3.05, 3.63) is 45.1 Å². The first-order valence-electron chi connectivity index (χ1n) is 7.17. The van der Waals surface area contributed by atoms with Gasteiger partial charge in [-0.15, -0.1) is 11.3 Å². The lowest BCUT2D eigenvalue weighted by Gasteiger charge is -2.08. The van der Waals surface area contributed by atoms with E-state index in [2.05, 4.69) is 10.9 Å². The molecule has 3 rings (SSSR count). The topological polar surface area (TPSA) is 87.7 Å². The summed E-state index contributed by atoms with van der Waals surface area (Å²) < 4.78 is 4.96. The Kier molecular flexibility index (Phi) is 4.20. The van der Waals surface area contributed by atoms with Crippen LogP contribution in [0.2, 0.25) is 0 Å². The van der Waals surface area contributed by atoms with Crippen molar-refractivity contribution in [2.24, 2.45) is 0 Å². The summed E-state index contributed by atoms with van der Waals surface area (Å²) in [5.41, 5.74) is 5.96. The summed E-state index contributed by atoms with van der Waals surface area (Å²) in [5, 5.41) is 9.80. The van der Waals surface area contributed by atoms with E-state index < -0.39 is 5.91 Å². The molecule has 2 amide bonds. The Bertz CT molecular complexity index is 748. The Morgan fingerprint density at radius 1 is 1.17 bits per heavy atom. The summed E-state index contributed by atoms with van der Waals surface area (Å²) in [6, 6.07) is 6.19. The Labute approximate surface area is 137 Å². The quantitative estimate of drug-likeness (QED) is 0.751. The van der Waals surface area contributed by atoms with Crippen LogP contribution in [-0.4, -0.2) is 24.0 Å². The average molecular weight is 332 g/mol. The van der Waals surface area contributed by atoms with Crippen LogP contribution in [0.1, 0.15) is 36.9 Å². The molecule has 23 heavy (non-hydrogen) atoms. The van der Waals surface area contributed by atoms with Gasteiger partial charge < -0.3 is 9.84 Å². The molecule has 1 aromatic carbocycles. The molecule has 2 aromatic rings. The minimum absolute atomic E-state index is 0.0553. The molecule has 0 fully saturated rings. The zero-order chi connectivity index (χ0) is 16.4. The van der Waals surface area contributed by atoms with Crippen molar-refractivity contribution in [2.75, 3.05) is 7.11 Å². The Hall–Kier alpha value is -2.54. The number of benzene rings is 1. The van der Waals surface area contributed by atoms with E-state index in [4.69, 9.17) is 4.74 Å². The van der Waals surface area contributed by atoms with Crippen molar-refractivity contribution in [3.8, 4) is 11.5 Å². The van der Waals surface area contributed by atoms with Gasteiger partial charge in [0.05, 0.1) is 17.6 Å². The van der Waals surface area contributed by atoms with E-state index in [0.29, 0.717) is 10.6 Å². The normalized spacial score (nSPS) is 12.6. The zero-order valence-corrected chi connectivity index (χ0v) is 13.3. The van der Waals surface area contributed by atoms with Crippen LogP contribution in [0.3, 0.4) is 0 Å². The van der Waals surface area contributed by atoms with Gasteiger partial charge in [-0.05, 0) is 43.0 Å². The predicted octanol–water partition coefficient (Wildman–Crippen LogP) is 2.03. The van der Waals surface area contributed by atoms with Crippen LogP contribution in [-0.2, 0) is 12.8 Å². The second kappa shape index (κ2) is 6.29. The van der Waals surface area contributed by atoms with Gasteiger partial charge >= 0.3 is 0 Å². The number of methoxy groups -OCH3 is 1. The molecule has 0 atom stereocenters. The zero-order valence-electron chi connectivity index (χ0n) is 12.5. The Morgan fingerprint density at radius 3 is 2.65 bits per heavy atom. The monoisotopic (exact) mass is 332 g/mol. The standard InChI is InChI=1S/C16H16N2O4S/c1-22-10-5-6-11(12(19)8-10)15(20)17-18-16(21)14-7-9-3-2-4-13(9)23-14/h5-8,19H,2-4H2,1H3,(H,17,20)(H,18,21). The summed E-state index contributed by atoms with van der Waals surface area (Å²) in [6.45, 7) is 0. The maximum Gasteiger partial charge on any atom is 0.279 e. The van der Waals surface area contributed by atoms with Crippen LogP contribution < -0.4 is 15.6 Å². The first-order valence-corrected chi connectivity index (χ1v) is 7.99. The lowest BCUT2D eigenvalue weighted by molar-refractivity contribution is 0.0847. The summed E-state index contributed by atoms with van der Waals surface area (Å²) in [4.78, 5) is 25.9. The number of rotatable bonds is 3. The second-order valence-corrected chi connectivity index (χ2v) is 6.34. The number of aromatic hydroxyl groups is 1. The van der Waals surface area contributed by atoms with Crippen LogP contribution in [0, 0.1) is 0 Å². The average Bonchev–Trinajstić information content (AvgIpc) is 3.13. The fraction of sp³-hybridized carbons (Fsp3) is 0.250. The van der Waals surface area contributed by atoms with Crippen LogP contribution >= 0.6 is 11.3 Å². The molecule has 1 heterocycles. The largest absolute Gasteiger partial charge is 0.507 e. The molecule has 120 valence electrons. The first-order chi connectivity index (χ1) is 11.1. The third-order valence-electron chi connectivity index (χ3n) is 3.71. The molecule has 0 aliphatic heterocycles. The van der Waals surface area contributed by atoms with Gasteiger partial charge in [0.25, 0.3) is 11.8 Å². The molecule has 1 aliphatic carbocycles. The molecular weight excluding hydrogens is 316 g/mol. The number of hydrogen-bond acceptors (Lipinski definition) is 5. The molecule has 0 saturated carbocycles.